The fraction of sp³-hybridized carbons (Fsp3) is 0.158. The van der Waals surface area contributed by atoms with Gasteiger partial charge < -0.3 is 15.3 Å². The molecule has 25 heavy (non-hydrogen) atoms. The van der Waals surface area contributed by atoms with E-state index in [2.05, 4.69) is 5.10 Å². The van der Waals surface area contributed by atoms with Gasteiger partial charge >= 0.3 is 0 Å². The van der Waals surface area contributed by atoms with Crippen LogP contribution in [0.25, 0.3) is 22.9 Å². The Kier molecular flexibility index (Phi) is 4.92. The largest absolute Gasteiger partial charge is 0.508 e. The van der Waals surface area contributed by atoms with Crippen molar-refractivity contribution in [3.05, 3.63) is 70.1 Å². The summed E-state index contributed by atoms with van der Waals surface area (Å²) < 4.78 is 1.15. The third-order valence-corrected chi connectivity index (χ3v) is 3.83. The predicted octanol–water partition coefficient (Wildman–Crippen LogP) is 1.63. The maximum absolute atomic E-state index is 12.4. The summed E-state index contributed by atoms with van der Waals surface area (Å²) in [6.45, 7) is -0.471. The number of rotatable bonds is 5. The zero-order chi connectivity index (χ0) is 17.8. The fourth-order valence-corrected chi connectivity index (χ4v) is 2.48. The highest BCUT2D eigenvalue weighted by atomic mass is 16.3. The SMILES string of the molecule is O=c1c2ccc(C=Cc3ccc(O)cc3)cc2cnn1CC(O)CO. The maximum Gasteiger partial charge on any atom is 0.274 e. The van der Waals surface area contributed by atoms with Gasteiger partial charge in [-0.15, -0.1) is 0 Å². The summed E-state index contributed by atoms with van der Waals surface area (Å²) in [7, 11) is 0. The molecule has 1 atom stereocenters. The van der Waals surface area contributed by atoms with Crippen LogP contribution in [-0.2, 0) is 6.54 Å². The summed E-state index contributed by atoms with van der Waals surface area (Å²) in [5.41, 5.74) is 1.55. The molecule has 1 aromatic heterocycles. The molecule has 0 saturated heterocycles. The lowest BCUT2D eigenvalue weighted by molar-refractivity contribution is 0.0771. The van der Waals surface area contributed by atoms with Gasteiger partial charge in [0, 0.05) is 5.39 Å². The second-order valence-corrected chi connectivity index (χ2v) is 5.74. The summed E-state index contributed by atoms with van der Waals surface area (Å²) in [6.07, 6.45) is 4.37. The lowest BCUT2D eigenvalue weighted by Gasteiger charge is -2.09. The number of hydrogen-bond acceptors (Lipinski definition) is 5. The van der Waals surface area contributed by atoms with E-state index in [4.69, 9.17) is 5.11 Å². The highest BCUT2D eigenvalue weighted by molar-refractivity contribution is 5.84. The average Bonchev–Trinajstić information content (AvgIpc) is 2.63. The smallest absolute Gasteiger partial charge is 0.274 e. The predicted molar refractivity (Wildman–Crippen MR) is 96.1 cm³/mol. The first-order chi connectivity index (χ1) is 12.1. The molecule has 0 amide bonds. The van der Waals surface area contributed by atoms with E-state index in [1.165, 1.54) is 0 Å². The molecule has 3 aromatic rings. The van der Waals surface area contributed by atoms with E-state index in [1.807, 2.05) is 24.3 Å². The maximum atomic E-state index is 12.4. The average molecular weight is 338 g/mol. The van der Waals surface area contributed by atoms with E-state index >= 15 is 0 Å². The van der Waals surface area contributed by atoms with Crippen molar-refractivity contribution in [2.24, 2.45) is 0 Å². The van der Waals surface area contributed by atoms with E-state index in [-0.39, 0.29) is 17.9 Å². The molecule has 0 aliphatic carbocycles. The lowest BCUT2D eigenvalue weighted by atomic mass is 10.1. The minimum Gasteiger partial charge on any atom is -0.508 e. The highest BCUT2D eigenvalue weighted by Crippen LogP contribution is 2.16. The number of phenolic OH excluding ortho intramolecular Hbond substituents is 1. The summed E-state index contributed by atoms with van der Waals surface area (Å²) in [5.74, 6) is 0.219. The Morgan fingerprint density at radius 2 is 1.76 bits per heavy atom. The normalized spacial score (nSPS) is 12.7. The fourth-order valence-electron chi connectivity index (χ4n) is 2.48. The molecule has 6 nitrogen and oxygen atoms in total. The number of aromatic hydroxyl groups is 1. The van der Waals surface area contributed by atoms with Crippen molar-refractivity contribution in [2.45, 2.75) is 12.6 Å². The number of fused-ring (bicyclic) bond motifs is 1. The zero-order valence-corrected chi connectivity index (χ0v) is 13.4. The molecule has 0 fully saturated rings. The van der Waals surface area contributed by atoms with Gasteiger partial charge in [0.2, 0.25) is 0 Å². The first-order valence-corrected chi connectivity index (χ1v) is 7.83. The molecular formula is C19H18N2O4. The molecule has 0 radical (unpaired) electrons. The molecular weight excluding hydrogens is 320 g/mol. The van der Waals surface area contributed by atoms with Gasteiger partial charge in [-0.3, -0.25) is 4.79 Å². The Morgan fingerprint density at radius 1 is 1.08 bits per heavy atom. The Labute approximate surface area is 143 Å². The number of phenols is 1. The zero-order valence-electron chi connectivity index (χ0n) is 13.4. The Bertz CT molecular complexity index is 961. The third-order valence-electron chi connectivity index (χ3n) is 3.83. The monoisotopic (exact) mass is 338 g/mol. The van der Waals surface area contributed by atoms with Crippen LogP contribution in [0.5, 0.6) is 5.75 Å². The molecule has 128 valence electrons. The van der Waals surface area contributed by atoms with E-state index in [0.29, 0.717) is 10.8 Å². The van der Waals surface area contributed by atoms with Gasteiger partial charge in [0.25, 0.3) is 5.56 Å². The van der Waals surface area contributed by atoms with Crippen molar-refractivity contribution in [2.75, 3.05) is 6.61 Å². The van der Waals surface area contributed by atoms with E-state index in [0.717, 1.165) is 15.8 Å². The molecule has 0 aliphatic heterocycles. The van der Waals surface area contributed by atoms with Crippen molar-refractivity contribution < 1.29 is 15.3 Å². The van der Waals surface area contributed by atoms with Crippen LogP contribution in [0.15, 0.2) is 53.5 Å². The summed E-state index contributed by atoms with van der Waals surface area (Å²) in [6, 6.07) is 12.2. The Balaban J connectivity index is 1.89. The van der Waals surface area contributed by atoms with E-state index < -0.39 is 12.7 Å². The number of benzene rings is 2. The molecule has 3 rings (SSSR count). The van der Waals surface area contributed by atoms with Gasteiger partial charge in [0.05, 0.1) is 30.8 Å². The molecule has 2 aromatic carbocycles. The number of hydrogen-bond donors (Lipinski definition) is 3. The van der Waals surface area contributed by atoms with Gasteiger partial charge in [-0.2, -0.15) is 5.10 Å². The van der Waals surface area contributed by atoms with Crippen LogP contribution in [0.1, 0.15) is 11.1 Å². The standard InChI is InChI=1S/C19H18N2O4/c22-12-17(24)11-21-19(25)18-8-5-14(9-15(18)10-20-21)2-1-13-3-6-16(23)7-4-13/h1-10,17,22-24H,11-12H2. The van der Waals surface area contributed by atoms with Gasteiger partial charge in [-0.25, -0.2) is 4.68 Å². The van der Waals surface area contributed by atoms with Gasteiger partial charge in [0.15, 0.2) is 0 Å². The topological polar surface area (TPSA) is 95.6 Å². The quantitative estimate of drug-likeness (QED) is 0.615. The number of nitrogens with zero attached hydrogens (tertiary/aromatic N) is 2. The van der Waals surface area contributed by atoms with Crippen molar-refractivity contribution in [3.63, 3.8) is 0 Å². The van der Waals surface area contributed by atoms with Crippen LogP contribution < -0.4 is 5.56 Å². The first-order valence-electron chi connectivity index (χ1n) is 7.83. The van der Waals surface area contributed by atoms with Gasteiger partial charge in [0.1, 0.15) is 5.75 Å². The van der Waals surface area contributed by atoms with E-state index in [1.54, 1.807) is 36.5 Å². The Morgan fingerprint density at radius 3 is 2.48 bits per heavy atom. The molecule has 0 bridgehead atoms. The van der Waals surface area contributed by atoms with Crippen LogP contribution >= 0.6 is 0 Å². The highest BCUT2D eigenvalue weighted by Gasteiger charge is 2.08. The lowest BCUT2D eigenvalue weighted by Crippen LogP contribution is -2.30. The number of aliphatic hydroxyl groups excluding tert-OH is 2. The van der Waals surface area contributed by atoms with Gasteiger partial charge in [-0.1, -0.05) is 30.4 Å². The van der Waals surface area contributed by atoms with Crippen molar-refractivity contribution >= 4 is 22.9 Å². The summed E-state index contributed by atoms with van der Waals surface area (Å²) >= 11 is 0. The van der Waals surface area contributed by atoms with Crippen LogP contribution in [0.4, 0.5) is 0 Å². The molecule has 0 aliphatic rings. The number of aliphatic hydroxyl groups is 2. The minimum atomic E-state index is -1.02. The van der Waals surface area contributed by atoms with Crippen LogP contribution in [0.3, 0.4) is 0 Å². The van der Waals surface area contributed by atoms with Crippen molar-refractivity contribution in [1.29, 1.82) is 0 Å². The van der Waals surface area contributed by atoms with E-state index in [9.17, 15) is 15.0 Å². The second kappa shape index (κ2) is 7.29. The number of aromatic nitrogens is 2. The summed E-state index contributed by atoms with van der Waals surface area (Å²) in [4.78, 5) is 12.4. The summed E-state index contributed by atoms with van der Waals surface area (Å²) in [5, 5.41) is 32.9. The molecule has 6 heteroatoms. The van der Waals surface area contributed by atoms with Crippen LogP contribution in [0.2, 0.25) is 0 Å². The molecule has 0 spiro atoms. The minimum absolute atomic E-state index is 0.0478. The van der Waals surface area contributed by atoms with Gasteiger partial charge in [-0.05, 0) is 35.4 Å². The van der Waals surface area contributed by atoms with Crippen molar-refractivity contribution in [1.82, 2.24) is 9.78 Å². The molecule has 1 unspecified atom stereocenters. The van der Waals surface area contributed by atoms with Crippen LogP contribution in [-0.4, -0.2) is 37.8 Å². The second-order valence-electron chi connectivity index (χ2n) is 5.74. The molecule has 3 N–H and O–H groups in total. The molecule has 1 heterocycles. The van der Waals surface area contributed by atoms with Crippen molar-refractivity contribution in [3.8, 4) is 5.75 Å². The first kappa shape index (κ1) is 16.9. The van der Waals surface area contributed by atoms with Crippen LogP contribution in [0, 0.1) is 0 Å². The third kappa shape index (κ3) is 3.93. The molecule has 0 saturated carbocycles. The Hall–Kier alpha value is -2.96.